The summed E-state index contributed by atoms with van der Waals surface area (Å²) >= 11 is 0. The molecule has 2 fully saturated rings. The molecule has 50 heavy (non-hydrogen) atoms. The third-order valence-electron chi connectivity index (χ3n) is 9.10. The van der Waals surface area contributed by atoms with Crippen LogP contribution in [0, 0.1) is 0 Å². The number of allylic oxidation sites excluding steroid dienone is 1. The Morgan fingerprint density at radius 2 is 1.78 bits per heavy atom. The number of amidine groups is 1. The molecule has 6 N–H and O–H groups in total. The molecule has 15 nitrogen and oxygen atoms in total. The van der Waals surface area contributed by atoms with Gasteiger partial charge in [-0.15, -0.1) is 4.98 Å². The van der Waals surface area contributed by atoms with Crippen LogP contribution >= 0.6 is 0 Å². The number of H-pyrrole nitrogens is 1. The number of piperazine rings is 2. The zero-order valence-corrected chi connectivity index (χ0v) is 30.7. The van der Waals surface area contributed by atoms with E-state index in [0.29, 0.717) is 65.6 Å². The maximum Gasteiger partial charge on any atom is 0.273 e. The van der Waals surface area contributed by atoms with E-state index in [2.05, 4.69) is 47.0 Å². The van der Waals surface area contributed by atoms with Crippen LogP contribution < -0.4 is 31.4 Å². The van der Waals surface area contributed by atoms with Gasteiger partial charge in [-0.2, -0.15) is 0 Å². The molecule has 1 atom stereocenters. The second-order valence-electron chi connectivity index (χ2n) is 13.9. The third kappa shape index (κ3) is 8.30. The molecule has 0 bridgehead atoms. The summed E-state index contributed by atoms with van der Waals surface area (Å²) < 4.78 is 32.6. The zero-order chi connectivity index (χ0) is 36.2. The van der Waals surface area contributed by atoms with Crippen molar-refractivity contribution >= 4 is 44.2 Å². The van der Waals surface area contributed by atoms with Crippen LogP contribution in [-0.2, 0) is 9.84 Å². The van der Waals surface area contributed by atoms with Gasteiger partial charge in [0.1, 0.15) is 10.6 Å². The van der Waals surface area contributed by atoms with Gasteiger partial charge < -0.3 is 31.3 Å². The first-order valence-corrected chi connectivity index (χ1v) is 18.5. The number of carbonyl (C=O) groups is 1. The van der Waals surface area contributed by atoms with E-state index in [9.17, 15) is 13.2 Å². The summed E-state index contributed by atoms with van der Waals surface area (Å²) in [4.78, 5) is 40.2. The first kappa shape index (κ1) is 36.9. The molecule has 0 saturated carbocycles. The van der Waals surface area contributed by atoms with Gasteiger partial charge in [-0.3, -0.25) is 9.69 Å². The summed E-state index contributed by atoms with van der Waals surface area (Å²) in [5, 5.41) is 3.84. The lowest BCUT2D eigenvalue weighted by molar-refractivity contribution is -0.365. The molecule has 0 spiro atoms. The summed E-state index contributed by atoms with van der Waals surface area (Å²) in [6.07, 6.45) is 5.43. The number of rotatable bonds is 10. The number of benzene rings is 1. The first-order valence-electron chi connectivity index (χ1n) is 17.0. The number of nitrogens with two attached hydrogens (primary N) is 2. The maximum absolute atomic E-state index is 13.8. The smallest absolute Gasteiger partial charge is 0.273 e. The second kappa shape index (κ2) is 15.2. The number of nitrogens with one attached hydrogen (secondary N) is 2. The largest absolute Gasteiger partial charge is 0.492 e. The van der Waals surface area contributed by atoms with Crippen LogP contribution in [0.1, 0.15) is 58.3 Å². The summed E-state index contributed by atoms with van der Waals surface area (Å²) in [5.74, 6) is 1.41. The molecule has 2 aromatic heterocycles. The molecule has 0 radical (unpaired) electrons. The highest BCUT2D eigenvalue weighted by Crippen LogP contribution is 2.36. The molecule has 5 rings (SSSR count). The van der Waals surface area contributed by atoms with Crippen LogP contribution in [0.2, 0.25) is 0 Å². The van der Waals surface area contributed by atoms with E-state index in [1.807, 2.05) is 4.90 Å². The molecular weight excluding hydrogens is 659 g/mol. The highest BCUT2D eigenvalue weighted by atomic mass is 32.2. The average molecular weight is 709 g/mol. The van der Waals surface area contributed by atoms with Crippen LogP contribution in [-0.4, -0.2) is 115 Å². The van der Waals surface area contributed by atoms with E-state index in [1.54, 1.807) is 59.1 Å². The van der Waals surface area contributed by atoms with E-state index >= 15 is 0 Å². The van der Waals surface area contributed by atoms with Crippen molar-refractivity contribution < 1.29 is 22.9 Å². The van der Waals surface area contributed by atoms with E-state index in [-0.39, 0.29) is 28.4 Å². The maximum atomic E-state index is 13.8. The van der Waals surface area contributed by atoms with Crippen molar-refractivity contribution in [1.29, 1.82) is 0 Å². The van der Waals surface area contributed by atoms with E-state index < -0.39 is 14.6 Å². The molecule has 2 aliphatic heterocycles. The average Bonchev–Trinajstić information content (AvgIpc) is 3.09. The number of amides is 1. The number of anilines is 1. The molecule has 0 unspecified atom stereocenters. The fraction of sp³-hybridized carbons (Fsp3) is 0.529. The molecular formula is C34H50N11O4S+. The standard InChI is InChI=1S/C34H49N11O4S/c1-22-20-45(10-8-37-22)32(46)25-18-38-33(39-19-25)44-13-11-43(12-14-44)9-7-15-49-28-17-27-26(16-29(28)50(47,48)34(4,5)6)31(41-21-40-27)42-30(36)23(2)24(3)35/h16-19,21-22,37H,7-15,20,35H2,1-6H3,(H2,36,40,41,42)/p+1/t22-/m1/s1. The fourth-order valence-electron chi connectivity index (χ4n) is 5.77. The highest BCUT2D eigenvalue weighted by molar-refractivity contribution is 7.92. The molecule has 4 heterocycles. The lowest BCUT2D eigenvalue weighted by atomic mass is 10.2. The van der Waals surface area contributed by atoms with Crippen molar-refractivity contribution in [2.24, 2.45) is 16.5 Å². The minimum absolute atomic E-state index is 0.0382. The Morgan fingerprint density at radius 1 is 1.08 bits per heavy atom. The number of sulfone groups is 1. The van der Waals surface area contributed by atoms with Gasteiger partial charge in [0.15, 0.2) is 15.4 Å². The number of aromatic nitrogens is 4. The Morgan fingerprint density at radius 3 is 2.42 bits per heavy atom. The SMILES string of the molecule is CC(N)=C(C)C(N)=Nc1[nH+]cnc2cc(OCCCN3CCN(c4ncc(C(=O)N5CCN[C@H](C)C5)cn4)CC3)c(S(=O)(=O)C(C)(C)C)cc12. The monoisotopic (exact) mass is 708 g/mol. The Hall–Kier alpha value is -4.41. The van der Waals surface area contributed by atoms with Crippen LogP contribution in [0.15, 0.2) is 52.0 Å². The van der Waals surface area contributed by atoms with Gasteiger partial charge in [0, 0.05) is 88.1 Å². The number of aromatic amines is 1. The van der Waals surface area contributed by atoms with Crippen molar-refractivity contribution in [3.05, 3.63) is 47.7 Å². The molecule has 16 heteroatoms. The topological polar surface area (TPSA) is 199 Å². The number of ether oxygens (including phenoxy) is 1. The number of nitrogens with zero attached hydrogens (tertiary/aromatic N) is 7. The van der Waals surface area contributed by atoms with Crippen molar-refractivity contribution in [2.75, 3.05) is 63.9 Å². The van der Waals surface area contributed by atoms with Crippen molar-refractivity contribution in [3.63, 3.8) is 0 Å². The van der Waals surface area contributed by atoms with Crippen molar-refractivity contribution in [3.8, 4) is 5.75 Å². The predicted molar refractivity (Wildman–Crippen MR) is 193 cm³/mol. The Kier molecular flexibility index (Phi) is 11.2. The van der Waals surface area contributed by atoms with Crippen LogP contribution in [0.4, 0.5) is 11.8 Å². The lowest BCUT2D eigenvalue weighted by Gasteiger charge is -2.34. The van der Waals surface area contributed by atoms with Crippen molar-refractivity contribution in [1.82, 2.24) is 30.1 Å². The van der Waals surface area contributed by atoms with Gasteiger partial charge in [0.25, 0.3) is 11.7 Å². The molecule has 1 amide bonds. The third-order valence-corrected chi connectivity index (χ3v) is 11.6. The van der Waals surface area contributed by atoms with E-state index in [0.717, 1.165) is 39.3 Å². The van der Waals surface area contributed by atoms with Gasteiger partial charge >= 0.3 is 0 Å². The Bertz CT molecular complexity index is 1860. The molecule has 2 aliphatic rings. The Balaban J connectivity index is 1.21. The molecule has 2 saturated heterocycles. The lowest BCUT2D eigenvalue weighted by Crippen LogP contribution is -2.51. The number of fused-ring (bicyclic) bond motifs is 1. The quantitative estimate of drug-likeness (QED) is 0.157. The number of aliphatic imine (C=N–C) groups is 1. The van der Waals surface area contributed by atoms with E-state index in [4.69, 9.17) is 16.2 Å². The summed E-state index contributed by atoms with van der Waals surface area (Å²) in [7, 11) is -3.81. The fourth-order valence-corrected chi connectivity index (χ4v) is 7.09. The van der Waals surface area contributed by atoms with Gasteiger partial charge in [-0.1, -0.05) is 4.99 Å². The van der Waals surface area contributed by atoms with Gasteiger partial charge in [0.2, 0.25) is 18.1 Å². The molecule has 270 valence electrons. The van der Waals surface area contributed by atoms with Gasteiger partial charge in [-0.25, -0.2) is 23.4 Å². The first-order chi connectivity index (χ1) is 23.7. The molecule has 0 aliphatic carbocycles. The van der Waals surface area contributed by atoms with Crippen LogP contribution in [0.25, 0.3) is 10.9 Å². The minimum atomic E-state index is -3.81. The van der Waals surface area contributed by atoms with Gasteiger partial charge in [-0.05, 0) is 54.0 Å². The predicted octanol–water partition coefficient (Wildman–Crippen LogP) is 1.68. The molecule has 3 aromatic rings. The van der Waals surface area contributed by atoms with Crippen LogP contribution in [0.3, 0.4) is 0 Å². The molecule has 1 aromatic carbocycles. The summed E-state index contributed by atoms with van der Waals surface area (Å²) in [6.45, 7) is 16.9. The second-order valence-corrected chi connectivity index (χ2v) is 16.6. The van der Waals surface area contributed by atoms with Crippen molar-refractivity contribution in [2.45, 2.75) is 63.6 Å². The highest BCUT2D eigenvalue weighted by Gasteiger charge is 2.35. The van der Waals surface area contributed by atoms with Crippen LogP contribution in [0.5, 0.6) is 5.75 Å². The normalized spacial score (nSPS) is 18.7. The number of hydrogen-bond donors (Lipinski definition) is 3. The summed E-state index contributed by atoms with van der Waals surface area (Å²) in [5.41, 5.74) is 14.3. The summed E-state index contributed by atoms with van der Waals surface area (Å²) in [6, 6.07) is 3.47. The minimum Gasteiger partial charge on any atom is -0.492 e. The van der Waals surface area contributed by atoms with Gasteiger partial charge in [0.05, 0.1) is 22.3 Å². The van der Waals surface area contributed by atoms with E-state index in [1.165, 1.54) is 6.33 Å². The Labute approximate surface area is 294 Å². The zero-order valence-electron chi connectivity index (χ0n) is 29.9. The number of hydrogen-bond acceptors (Lipinski definition) is 12. The number of carbonyl (C=O) groups excluding carboxylic acids is 1.